The van der Waals surface area contributed by atoms with E-state index in [0.29, 0.717) is 52.9 Å². The fourth-order valence-corrected chi connectivity index (χ4v) is 11.2. The minimum Gasteiger partial charge on any atom is -0.493 e. The molecule has 25 heteroatoms. The third kappa shape index (κ3) is 11.5. The van der Waals surface area contributed by atoms with Gasteiger partial charge in [0.2, 0.25) is 6.29 Å². The predicted octanol–water partition coefficient (Wildman–Crippen LogP) is 3.85. The molecule has 3 amide bonds. The van der Waals surface area contributed by atoms with Gasteiger partial charge in [-0.1, -0.05) is 24.3 Å². The Balaban J connectivity index is 0.900. The zero-order valence-electron chi connectivity index (χ0n) is 45.6. The summed E-state index contributed by atoms with van der Waals surface area (Å²) in [7, 11) is -0.463. The summed E-state index contributed by atoms with van der Waals surface area (Å²) in [5.74, 6) is -1.61. The first-order chi connectivity index (χ1) is 39.9. The highest BCUT2D eigenvalue weighted by Gasteiger charge is 2.45. The predicted molar refractivity (Wildman–Crippen MR) is 295 cm³/mol. The second-order valence-electron chi connectivity index (χ2n) is 20.7. The van der Waals surface area contributed by atoms with Crippen LogP contribution in [0.2, 0.25) is 0 Å². The molecule has 1 saturated heterocycles. The Bertz CT molecular complexity index is 3700. The summed E-state index contributed by atoms with van der Waals surface area (Å²) < 4.78 is 77.1. The number of ether oxygens (including phenoxy) is 6. The van der Waals surface area contributed by atoms with Crippen molar-refractivity contribution in [2.75, 3.05) is 20.8 Å². The van der Waals surface area contributed by atoms with Gasteiger partial charge in [0.1, 0.15) is 49.5 Å². The topological polar surface area (TPSA) is 301 Å². The van der Waals surface area contributed by atoms with Crippen LogP contribution in [0.4, 0.5) is 5.69 Å². The van der Waals surface area contributed by atoms with Crippen LogP contribution in [0.5, 0.6) is 40.2 Å². The molecule has 83 heavy (non-hydrogen) atoms. The van der Waals surface area contributed by atoms with Crippen LogP contribution in [0, 0.1) is 0 Å². The number of hydrogen-bond acceptors (Lipinski definition) is 20. The fraction of sp³-hybridized carbons (Fsp3) is 0.345. The molecule has 1 fully saturated rings. The summed E-state index contributed by atoms with van der Waals surface area (Å²) in [6.45, 7) is 2.83. The number of aryl methyl sites for hydroxylation is 1. The van der Waals surface area contributed by atoms with E-state index in [1.165, 1.54) is 32.4 Å². The molecule has 1 unspecified atom stereocenters. The summed E-state index contributed by atoms with van der Waals surface area (Å²) in [6.07, 6.45) is -2.97. The first kappa shape index (κ1) is 56.3. The largest absolute Gasteiger partial charge is 0.501 e. The summed E-state index contributed by atoms with van der Waals surface area (Å²) >= 11 is 0. The molecule has 1 aromatic heterocycles. The number of hydrogen-bond donors (Lipinski definition) is 5. The van der Waals surface area contributed by atoms with E-state index in [0.717, 1.165) is 34.6 Å². The number of carbonyl (C=O) groups is 3. The van der Waals surface area contributed by atoms with E-state index in [2.05, 4.69) is 10.3 Å². The second kappa shape index (κ2) is 23.0. The van der Waals surface area contributed by atoms with Gasteiger partial charge in [0.25, 0.3) is 17.7 Å². The number of imidazole rings is 1. The van der Waals surface area contributed by atoms with Crippen molar-refractivity contribution in [3.8, 4) is 40.2 Å². The molecule has 11 rings (SSSR count). The highest BCUT2D eigenvalue weighted by atomic mass is 32.3. The molecule has 0 aliphatic carbocycles. The first-order valence-electron chi connectivity index (χ1n) is 26.5. The molecular formula is C58H59N7O17S. The van der Waals surface area contributed by atoms with Gasteiger partial charge >= 0.3 is 10.4 Å². The molecule has 434 valence electrons. The molecule has 7 atom stereocenters. The average molecular weight is 1160 g/mol. The lowest BCUT2D eigenvalue weighted by molar-refractivity contribution is -0.277. The van der Waals surface area contributed by atoms with E-state index in [1.807, 2.05) is 35.9 Å². The average Bonchev–Trinajstić information content (AvgIpc) is 3.78. The number of nitrogens with zero attached hydrogens (tertiary/aromatic N) is 6. The Morgan fingerprint density at radius 1 is 0.771 bits per heavy atom. The van der Waals surface area contributed by atoms with E-state index >= 15 is 0 Å². The molecule has 5 aliphatic rings. The molecule has 5 aromatic carbocycles. The third-order valence-corrected chi connectivity index (χ3v) is 15.6. The van der Waals surface area contributed by atoms with Crippen LogP contribution in [0.3, 0.4) is 0 Å². The van der Waals surface area contributed by atoms with Crippen LogP contribution in [0.1, 0.15) is 84.1 Å². The fourth-order valence-electron chi connectivity index (χ4n) is 10.5. The van der Waals surface area contributed by atoms with Crippen LogP contribution in [0.15, 0.2) is 101 Å². The second-order valence-corrected chi connectivity index (χ2v) is 21.9. The Morgan fingerprint density at radius 2 is 1.47 bits per heavy atom. The van der Waals surface area contributed by atoms with Gasteiger partial charge in [-0.05, 0) is 97.1 Å². The molecule has 0 radical (unpaired) electrons. The molecule has 5 aliphatic heterocycles. The Kier molecular flexibility index (Phi) is 15.6. The number of amides is 3. The number of nitrogens with one attached hydrogen (secondary N) is 1. The van der Waals surface area contributed by atoms with Gasteiger partial charge in [0, 0.05) is 61.4 Å². The van der Waals surface area contributed by atoms with Crippen molar-refractivity contribution < 1.29 is 80.0 Å². The number of rotatable bonds is 17. The number of fused-ring (bicyclic) bond motifs is 6. The summed E-state index contributed by atoms with van der Waals surface area (Å²) in [5.41, 5.74) is 5.99. The van der Waals surface area contributed by atoms with Crippen molar-refractivity contribution >= 4 is 46.2 Å². The van der Waals surface area contributed by atoms with Crippen molar-refractivity contribution in [1.82, 2.24) is 24.7 Å². The molecule has 5 N–H and O–H groups in total. The number of methoxy groups -OCH3 is 2. The first-order valence-corrected chi connectivity index (χ1v) is 27.8. The Morgan fingerprint density at radius 3 is 2.18 bits per heavy atom. The van der Waals surface area contributed by atoms with Crippen LogP contribution < -0.4 is 37.4 Å². The normalized spacial score (nSPS) is 21.5. The monoisotopic (exact) mass is 1160 g/mol. The Hall–Kier alpha value is -8.59. The number of benzene rings is 5. The lowest BCUT2D eigenvalue weighted by Crippen LogP contribution is -2.60. The summed E-state index contributed by atoms with van der Waals surface area (Å²) in [6, 6.07) is 21.6. The van der Waals surface area contributed by atoms with Crippen molar-refractivity contribution in [3.63, 3.8) is 0 Å². The Labute approximate surface area is 476 Å². The number of aromatic nitrogens is 2. The van der Waals surface area contributed by atoms with Gasteiger partial charge in [-0.2, -0.15) is 0 Å². The molecular weight excluding hydrogens is 1100 g/mol. The number of aliphatic hydroxyl groups is 4. The molecule has 0 bridgehead atoms. The van der Waals surface area contributed by atoms with Crippen LogP contribution in [-0.2, 0) is 61.3 Å². The maximum atomic E-state index is 14.2. The highest BCUT2D eigenvalue weighted by molar-refractivity contribution is 7.82. The zero-order chi connectivity index (χ0) is 58.4. The maximum absolute atomic E-state index is 14.2. The molecule has 6 heterocycles. The number of carbonyl (C=O) groups excluding carboxylic acids is 3. The minimum absolute atomic E-state index is 0.0732. The molecule has 0 saturated carbocycles. The SMILES string of the molecule is COc1cc2c(cc1OCc1cc(COc3cc4c(cc3OC)C(=O)N3Cc5ccccc5C[C@H]3C=N4)cc(OS(=O)(=O)Oc3cc(C(=O)NC(C)C)ccc3OC3O[C@H](CO)[C@H](O)[C@H](O)[C@H]3O)c1)C=N[C@@H]1Cc3c(ncn3C)CN1C2=O. The van der Waals surface area contributed by atoms with Crippen LogP contribution in [0.25, 0.3) is 0 Å². The quantitative estimate of drug-likeness (QED) is 0.0866. The standard InChI is InChI=1S/C58H59N7O17S/c1-30(2)62-55(70)34-10-11-44(79-58-54(69)53(68)52(67)50(26-66)80-58)49(16-34)82-83(73,74)81-38-13-31(27-77-47-17-36-22-60-51-21-43-42(61-29-63(43)3)25-65(51)56(71)39(36)18-45(47)75-4)12-32(14-38)28-78-48-20-41-40(19-46(48)76-5)57(72)64-24-35-9-7-6-8-33(35)15-37(64)23-59-41/h6-14,16-20,22-23,29-30,37,50-54,58,66-69H,15,21,24-28H2,1-5H3,(H,62,70)/t37-,50+,51-,52-,53-,54+,58?/m0/s1. The highest BCUT2D eigenvalue weighted by Crippen LogP contribution is 2.41. The van der Waals surface area contributed by atoms with E-state index in [1.54, 1.807) is 72.7 Å². The van der Waals surface area contributed by atoms with Gasteiger partial charge in [0.15, 0.2) is 34.5 Å². The van der Waals surface area contributed by atoms with Crippen molar-refractivity contribution in [1.29, 1.82) is 0 Å². The van der Waals surface area contributed by atoms with E-state index in [-0.39, 0.29) is 78.0 Å². The molecule has 24 nitrogen and oxygen atoms in total. The van der Waals surface area contributed by atoms with Gasteiger partial charge in [0.05, 0.1) is 62.2 Å². The van der Waals surface area contributed by atoms with Gasteiger partial charge in [-0.15, -0.1) is 8.42 Å². The van der Waals surface area contributed by atoms with Gasteiger partial charge in [-0.25, -0.2) is 4.98 Å². The minimum atomic E-state index is -5.22. The van der Waals surface area contributed by atoms with E-state index in [9.17, 15) is 43.2 Å². The van der Waals surface area contributed by atoms with Crippen molar-refractivity contribution in [2.45, 2.75) is 102 Å². The van der Waals surface area contributed by atoms with E-state index in [4.69, 9.17) is 46.8 Å². The molecule has 0 spiro atoms. The number of aliphatic hydroxyl groups excluding tert-OH is 4. The van der Waals surface area contributed by atoms with Gasteiger partial charge in [-0.3, -0.25) is 24.4 Å². The van der Waals surface area contributed by atoms with Crippen molar-refractivity contribution in [3.05, 3.63) is 147 Å². The zero-order valence-corrected chi connectivity index (χ0v) is 46.4. The molecule has 6 aromatic rings. The number of aliphatic imine (C=N–C) groups is 2. The lowest BCUT2D eigenvalue weighted by atomic mass is 9.94. The van der Waals surface area contributed by atoms with E-state index < -0.39 is 71.3 Å². The van der Waals surface area contributed by atoms with Crippen LogP contribution >= 0.6 is 0 Å². The summed E-state index contributed by atoms with van der Waals surface area (Å²) in [5, 5.41) is 44.2. The summed E-state index contributed by atoms with van der Waals surface area (Å²) in [4.78, 5) is 58.9. The third-order valence-electron chi connectivity index (χ3n) is 14.8. The smallest absolute Gasteiger partial charge is 0.493 e. The van der Waals surface area contributed by atoms with Crippen LogP contribution in [-0.4, -0.2) is 148 Å². The van der Waals surface area contributed by atoms with Gasteiger partial charge < -0.3 is 76.9 Å². The lowest BCUT2D eigenvalue weighted by Gasteiger charge is -2.39. The maximum Gasteiger partial charge on any atom is 0.501 e. The van der Waals surface area contributed by atoms with Crippen molar-refractivity contribution in [2.24, 2.45) is 17.0 Å².